The molecule has 2 aliphatic rings. The molecule has 2 aliphatic heterocycles. The number of nitrogens with one attached hydrogen (secondary N) is 2. The molecule has 2 aromatic rings. The van der Waals surface area contributed by atoms with Crippen LogP contribution in [0.5, 0.6) is 11.5 Å². The van der Waals surface area contributed by atoms with Gasteiger partial charge in [0.1, 0.15) is 5.82 Å². The first-order valence-electron chi connectivity index (χ1n) is 8.79. The topological polar surface area (TPSA) is 96.4 Å². The number of H-pyrrole nitrogens is 1. The van der Waals surface area contributed by atoms with Crippen LogP contribution in [0.4, 0.5) is 5.82 Å². The molecule has 1 amide bonds. The van der Waals surface area contributed by atoms with Crippen LogP contribution in [0, 0.1) is 0 Å². The molecular formula is C18H21N3O4S2. The van der Waals surface area contributed by atoms with Crippen molar-refractivity contribution in [2.45, 2.75) is 24.1 Å². The zero-order valence-electron chi connectivity index (χ0n) is 14.9. The lowest BCUT2D eigenvalue weighted by Gasteiger charge is -2.24. The fourth-order valence-corrected chi connectivity index (χ4v) is 5.78. The number of rotatable bonds is 3. The molecule has 0 spiro atoms. The van der Waals surface area contributed by atoms with Gasteiger partial charge in [0.25, 0.3) is 5.56 Å². The average Bonchev–Trinajstić information content (AvgIpc) is 2.89. The Kier molecular flexibility index (Phi) is 5.14. The Morgan fingerprint density at radius 2 is 2.04 bits per heavy atom. The molecule has 1 aromatic heterocycles. The second-order valence-corrected chi connectivity index (χ2v) is 8.91. The highest BCUT2D eigenvalue weighted by Crippen LogP contribution is 2.43. The van der Waals surface area contributed by atoms with Crippen LogP contribution in [0.25, 0.3) is 0 Å². The number of nitrogens with zero attached hydrogens (tertiary/aromatic N) is 1. The average molecular weight is 408 g/mol. The van der Waals surface area contributed by atoms with Crippen LogP contribution < -0.4 is 15.6 Å². The Morgan fingerprint density at radius 1 is 1.26 bits per heavy atom. The van der Waals surface area contributed by atoms with E-state index in [-0.39, 0.29) is 34.3 Å². The minimum absolute atomic E-state index is 0.0421. The monoisotopic (exact) mass is 407 g/mol. The summed E-state index contributed by atoms with van der Waals surface area (Å²) in [6.07, 6.45) is 1.92. The number of benzene rings is 1. The summed E-state index contributed by atoms with van der Waals surface area (Å²) in [5.41, 5.74) is 1.18. The number of methoxy groups -OCH3 is 1. The largest absolute Gasteiger partial charge is 0.504 e. The van der Waals surface area contributed by atoms with E-state index in [2.05, 4.69) is 10.4 Å². The number of amides is 1. The van der Waals surface area contributed by atoms with Crippen LogP contribution in [0.3, 0.4) is 0 Å². The standard InChI is InChI=1S/C18H21N3O4S2/c1-25-13-8-10(2-3-12(13)22)16-15-17(19-14(23)9-27-16)21(20-18(15)24)11-4-6-26-7-5-11/h2-3,8,11,16,22H,4-7,9H2,1H3,(H,19,23)(H,20,24). The van der Waals surface area contributed by atoms with Crippen molar-refractivity contribution in [3.8, 4) is 11.5 Å². The molecule has 4 rings (SSSR count). The Bertz CT molecular complexity index is 918. The number of hydrogen-bond acceptors (Lipinski definition) is 6. The highest BCUT2D eigenvalue weighted by atomic mass is 32.2. The number of anilines is 1. The first kappa shape index (κ1) is 18.4. The van der Waals surface area contributed by atoms with Crippen molar-refractivity contribution in [2.75, 3.05) is 29.7 Å². The van der Waals surface area contributed by atoms with E-state index in [1.54, 1.807) is 18.2 Å². The van der Waals surface area contributed by atoms with Crippen LogP contribution in [0.2, 0.25) is 0 Å². The van der Waals surface area contributed by atoms with Gasteiger partial charge < -0.3 is 15.2 Å². The molecule has 7 nitrogen and oxygen atoms in total. The molecule has 0 aliphatic carbocycles. The second-order valence-electron chi connectivity index (χ2n) is 6.59. The van der Waals surface area contributed by atoms with E-state index in [0.717, 1.165) is 29.9 Å². The number of aromatic amines is 1. The number of phenolic OH excluding ortho intramolecular Hbond substituents is 1. The van der Waals surface area contributed by atoms with Crippen molar-refractivity contribution < 1.29 is 14.6 Å². The Labute approximate surface area is 164 Å². The van der Waals surface area contributed by atoms with E-state index in [1.165, 1.54) is 18.9 Å². The third-order valence-corrected chi connectivity index (χ3v) is 7.25. The number of carbonyl (C=O) groups excluding carboxylic acids is 1. The van der Waals surface area contributed by atoms with Crippen LogP contribution in [-0.4, -0.2) is 45.2 Å². The molecule has 1 aromatic carbocycles. The van der Waals surface area contributed by atoms with Gasteiger partial charge in [-0.05, 0) is 42.0 Å². The highest BCUT2D eigenvalue weighted by molar-refractivity contribution is 8.00. The summed E-state index contributed by atoms with van der Waals surface area (Å²) in [6.45, 7) is 0. The van der Waals surface area contributed by atoms with E-state index < -0.39 is 0 Å². The lowest BCUT2D eigenvalue weighted by atomic mass is 10.1. The molecule has 3 heterocycles. The van der Waals surface area contributed by atoms with E-state index in [4.69, 9.17) is 4.74 Å². The number of aromatic hydroxyl groups is 1. The lowest BCUT2D eigenvalue weighted by Crippen LogP contribution is -2.22. The summed E-state index contributed by atoms with van der Waals surface area (Å²) in [5, 5.41) is 15.4. The molecule has 3 N–H and O–H groups in total. The minimum atomic E-state index is -0.323. The zero-order chi connectivity index (χ0) is 19.0. The third-order valence-electron chi connectivity index (χ3n) is 4.93. The highest BCUT2D eigenvalue weighted by Gasteiger charge is 2.32. The van der Waals surface area contributed by atoms with Gasteiger partial charge in [-0.25, -0.2) is 0 Å². The van der Waals surface area contributed by atoms with Gasteiger partial charge in [0.05, 0.1) is 29.7 Å². The molecule has 0 bridgehead atoms. The van der Waals surface area contributed by atoms with Crippen molar-refractivity contribution >= 4 is 35.2 Å². The van der Waals surface area contributed by atoms with Crippen LogP contribution >= 0.6 is 23.5 Å². The molecule has 0 radical (unpaired) electrons. The number of aromatic nitrogens is 2. The molecule has 1 saturated heterocycles. The molecule has 9 heteroatoms. The number of fused-ring (bicyclic) bond motifs is 1. The minimum Gasteiger partial charge on any atom is -0.504 e. The Hall–Kier alpha value is -2.00. The van der Waals surface area contributed by atoms with Gasteiger partial charge in [-0.15, -0.1) is 11.8 Å². The summed E-state index contributed by atoms with van der Waals surface area (Å²) in [7, 11) is 1.49. The molecule has 1 unspecified atom stereocenters. The molecular weight excluding hydrogens is 386 g/mol. The van der Waals surface area contributed by atoms with E-state index in [1.807, 2.05) is 16.4 Å². The third kappa shape index (κ3) is 3.45. The summed E-state index contributed by atoms with van der Waals surface area (Å²) in [5.74, 6) is 3.18. The van der Waals surface area contributed by atoms with Gasteiger partial charge in [0, 0.05) is 0 Å². The number of phenols is 1. The second kappa shape index (κ2) is 7.55. The number of thioether (sulfide) groups is 2. The van der Waals surface area contributed by atoms with Crippen molar-refractivity contribution in [2.24, 2.45) is 0 Å². The van der Waals surface area contributed by atoms with Crippen LogP contribution in [0.1, 0.15) is 35.3 Å². The number of carbonyl (C=O) groups is 1. The first-order valence-corrected chi connectivity index (χ1v) is 11.0. The van der Waals surface area contributed by atoms with Crippen molar-refractivity contribution in [1.29, 1.82) is 0 Å². The van der Waals surface area contributed by atoms with E-state index >= 15 is 0 Å². The molecule has 1 fully saturated rings. The van der Waals surface area contributed by atoms with Gasteiger partial charge >= 0.3 is 0 Å². The van der Waals surface area contributed by atoms with E-state index in [9.17, 15) is 14.7 Å². The van der Waals surface area contributed by atoms with Gasteiger partial charge in [-0.1, -0.05) is 6.07 Å². The molecule has 1 atom stereocenters. The fraction of sp³-hybridized carbons (Fsp3) is 0.444. The number of hydrogen-bond donors (Lipinski definition) is 3. The maximum absolute atomic E-state index is 12.9. The lowest BCUT2D eigenvalue weighted by molar-refractivity contribution is -0.113. The summed E-state index contributed by atoms with van der Waals surface area (Å²) in [6, 6.07) is 5.23. The summed E-state index contributed by atoms with van der Waals surface area (Å²) in [4.78, 5) is 25.2. The van der Waals surface area contributed by atoms with Crippen molar-refractivity contribution in [1.82, 2.24) is 9.78 Å². The normalized spacial score (nSPS) is 20.6. The van der Waals surface area contributed by atoms with Crippen LogP contribution in [-0.2, 0) is 4.79 Å². The van der Waals surface area contributed by atoms with Crippen LogP contribution in [0.15, 0.2) is 23.0 Å². The molecule has 0 saturated carbocycles. The SMILES string of the molecule is COc1cc(C2SCC(=O)Nc3c2c(=O)[nH]n3C2CCSCC2)ccc1O. The first-order chi connectivity index (χ1) is 13.1. The van der Waals surface area contributed by atoms with Crippen molar-refractivity contribution in [3.63, 3.8) is 0 Å². The Morgan fingerprint density at radius 3 is 2.78 bits per heavy atom. The quantitative estimate of drug-likeness (QED) is 0.724. The summed E-state index contributed by atoms with van der Waals surface area (Å²) >= 11 is 3.31. The molecule has 27 heavy (non-hydrogen) atoms. The molecule has 144 valence electrons. The Balaban J connectivity index is 1.81. The maximum atomic E-state index is 12.9. The smallest absolute Gasteiger partial charge is 0.270 e. The maximum Gasteiger partial charge on any atom is 0.270 e. The van der Waals surface area contributed by atoms with E-state index in [0.29, 0.717) is 17.1 Å². The van der Waals surface area contributed by atoms with Gasteiger partial charge in [0.2, 0.25) is 5.91 Å². The van der Waals surface area contributed by atoms with Crippen molar-refractivity contribution in [3.05, 3.63) is 39.7 Å². The summed E-state index contributed by atoms with van der Waals surface area (Å²) < 4.78 is 7.07. The van der Waals surface area contributed by atoms with Gasteiger partial charge in [0.15, 0.2) is 11.5 Å². The van der Waals surface area contributed by atoms with Gasteiger partial charge in [-0.3, -0.25) is 19.4 Å². The predicted molar refractivity (Wildman–Crippen MR) is 108 cm³/mol. The fourth-order valence-electron chi connectivity index (χ4n) is 3.58. The number of ether oxygens (including phenoxy) is 1. The zero-order valence-corrected chi connectivity index (χ0v) is 16.5. The predicted octanol–water partition coefficient (Wildman–Crippen LogP) is 2.73. The van der Waals surface area contributed by atoms with Gasteiger partial charge in [-0.2, -0.15) is 11.8 Å².